The molecule has 2 heterocycles. The van der Waals surface area contributed by atoms with Crippen LogP contribution in [0.5, 0.6) is 0 Å². The van der Waals surface area contributed by atoms with E-state index in [1.54, 1.807) is 22.7 Å². The topological polar surface area (TPSA) is 38.0 Å². The SMILES string of the molecule is Cc1csc(C(CCc2ccsc2)NN)c1Cl. The molecule has 0 saturated heterocycles. The van der Waals surface area contributed by atoms with Crippen LogP contribution in [0.15, 0.2) is 22.2 Å². The monoisotopic (exact) mass is 286 g/mol. The molecule has 0 radical (unpaired) electrons. The zero-order valence-corrected chi connectivity index (χ0v) is 12.0. The summed E-state index contributed by atoms with van der Waals surface area (Å²) >= 11 is 9.66. The number of halogens is 1. The summed E-state index contributed by atoms with van der Waals surface area (Å²) in [5.41, 5.74) is 5.35. The Hall–Kier alpha value is -0.390. The van der Waals surface area contributed by atoms with Gasteiger partial charge in [-0.25, -0.2) is 0 Å². The van der Waals surface area contributed by atoms with Gasteiger partial charge in [-0.3, -0.25) is 11.3 Å². The van der Waals surface area contributed by atoms with Gasteiger partial charge in [0.15, 0.2) is 0 Å². The molecule has 0 aromatic carbocycles. The van der Waals surface area contributed by atoms with E-state index in [2.05, 4.69) is 27.6 Å². The van der Waals surface area contributed by atoms with Crippen LogP contribution in [0.4, 0.5) is 0 Å². The molecule has 2 rings (SSSR count). The summed E-state index contributed by atoms with van der Waals surface area (Å²) in [5, 5.41) is 7.20. The molecule has 17 heavy (non-hydrogen) atoms. The van der Waals surface area contributed by atoms with E-state index in [-0.39, 0.29) is 6.04 Å². The second kappa shape index (κ2) is 5.98. The molecule has 0 spiro atoms. The number of aryl methyl sites for hydroxylation is 2. The zero-order valence-electron chi connectivity index (χ0n) is 9.57. The van der Waals surface area contributed by atoms with E-state index >= 15 is 0 Å². The Morgan fingerprint density at radius 3 is 2.82 bits per heavy atom. The molecule has 0 saturated carbocycles. The molecule has 0 bridgehead atoms. The Balaban J connectivity index is 2.04. The van der Waals surface area contributed by atoms with Crippen molar-refractivity contribution in [1.29, 1.82) is 0 Å². The molecule has 2 aromatic heterocycles. The molecule has 3 N–H and O–H groups in total. The van der Waals surface area contributed by atoms with Gasteiger partial charge in [0.2, 0.25) is 0 Å². The van der Waals surface area contributed by atoms with Crippen LogP contribution in [-0.4, -0.2) is 0 Å². The van der Waals surface area contributed by atoms with E-state index in [1.807, 2.05) is 6.92 Å². The van der Waals surface area contributed by atoms with Gasteiger partial charge in [0.25, 0.3) is 0 Å². The third kappa shape index (κ3) is 3.09. The van der Waals surface area contributed by atoms with Crippen LogP contribution < -0.4 is 11.3 Å². The summed E-state index contributed by atoms with van der Waals surface area (Å²) in [6, 6.07) is 2.29. The van der Waals surface area contributed by atoms with E-state index in [4.69, 9.17) is 17.4 Å². The van der Waals surface area contributed by atoms with Crippen molar-refractivity contribution in [3.63, 3.8) is 0 Å². The van der Waals surface area contributed by atoms with Gasteiger partial charge in [-0.05, 0) is 53.1 Å². The van der Waals surface area contributed by atoms with Crippen LogP contribution in [0, 0.1) is 6.92 Å². The van der Waals surface area contributed by atoms with Crippen LogP contribution in [0.1, 0.15) is 28.5 Å². The average Bonchev–Trinajstić information content (AvgIpc) is 2.94. The first-order valence-corrected chi connectivity index (χ1v) is 7.63. The van der Waals surface area contributed by atoms with Crippen LogP contribution in [0.25, 0.3) is 0 Å². The van der Waals surface area contributed by atoms with Gasteiger partial charge in [0.05, 0.1) is 11.1 Å². The van der Waals surface area contributed by atoms with Crippen molar-refractivity contribution in [1.82, 2.24) is 5.43 Å². The summed E-state index contributed by atoms with van der Waals surface area (Å²) in [4.78, 5) is 1.14. The van der Waals surface area contributed by atoms with Crippen LogP contribution in [0.3, 0.4) is 0 Å². The minimum Gasteiger partial charge on any atom is -0.271 e. The lowest BCUT2D eigenvalue weighted by molar-refractivity contribution is 0.524. The van der Waals surface area contributed by atoms with Crippen LogP contribution in [-0.2, 0) is 6.42 Å². The van der Waals surface area contributed by atoms with Gasteiger partial charge < -0.3 is 0 Å². The summed E-state index contributed by atoms with van der Waals surface area (Å²) < 4.78 is 0. The fraction of sp³-hybridized carbons (Fsp3) is 0.333. The van der Waals surface area contributed by atoms with Gasteiger partial charge in [0.1, 0.15) is 0 Å². The summed E-state index contributed by atoms with van der Waals surface area (Å²) in [6.07, 6.45) is 1.98. The van der Waals surface area contributed by atoms with Crippen LogP contribution in [0.2, 0.25) is 5.02 Å². The Morgan fingerprint density at radius 2 is 2.29 bits per heavy atom. The molecule has 0 aliphatic rings. The molecule has 5 heteroatoms. The predicted molar refractivity (Wildman–Crippen MR) is 76.8 cm³/mol. The minimum atomic E-state index is 0.140. The van der Waals surface area contributed by atoms with E-state index in [1.165, 1.54) is 5.56 Å². The zero-order chi connectivity index (χ0) is 12.3. The highest BCUT2D eigenvalue weighted by Crippen LogP contribution is 2.34. The van der Waals surface area contributed by atoms with E-state index < -0.39 is 0 Å². The largest absolute Gasteiger partial charge is 0.271 e. The number of thiophene rings is 2. The van der Waals surface area contributed by atoms with Gasteiger partial charge >= 0.3 is 0 Å². The van der Waals surface area contributed by atoms with Crippen molar-refractivity contribution >= 4 is 34.3 Å². The maximum Gasteiger partial charge on any atom is 0.0590 e. The Morgan fingerprint density at radius 1 is 1.47 bits per heavy atom. The summed E-state index contributed by atoms with van der Waals surface area (Å²) in [7, 11) is 0. The molecular formula is C12H15ClN2S2. The third-order valence-corrected chi connectivity index (χ3v) is 5.30. The highest BCUT2D eigenvalue weighted by atomic mass is 35.5. The molecule has 92 valence electrons. The van der Waals surface area contributed by atoms with Gasteiger partial charge in [-0.2, -0.15) is 11.3 Å². The van der Waals surface area contributed by atoms with E-state index in [0.29, 0.717) is 0 Å². The molecular weight excluding hydrogens is 272 g/mol. The third-order valence-electron chi connectivity index (χ3n) is 2.74. The van der Waals surface area contributed by atoms with E-state index in [9.17, 15) is 0 Å². The van der Waals surface area contributed by atoms with Gasteiger partial charge in [-0.1, -0.05) is 11.6 Å². The Labute approximate surface area is 114 Å². The first-order valence-electron chi connectivity index (χ1n) is 5.43. The lowest BCUT2D eigenvalue weighted by Gasteiger charge is -2.14. The first-order chi connectivity index (χ1) is 8.22. The predicted octanol–water partition coefficient (Wildman–Crippen LogP) is 3.91. The second-order valence-electron chi connectivity index (χ2n) is 3.99. The average molecular weight is 287 g/mol. The smallest absolute Gasteiger partial charge is 0.0590 e. The van der Waals surface area contributed by atoms with Crippen molar-refractivity contribution in [2.45, 2.75) is 25.8 Å². The van der Waals surface area contributed by atoms with Crippen LogP contribution >= 0.6 is 34.3 Å². The highest BCUT2D eigenvalue weighted by molar-refractivity contribution is 7.10. The quantitative estimate of drug-likeness (QED) is 0.646. The normalized spacial score (nSPS) is 12.9. The number of hydrogen-bond donors (Lipinski definition) is 2. The molecule has 1 atom stereocenters. The molecule has 1 unspecified atom stereocenters. The van der Waals surface area contributed by atoms with Gasteiger partial charge in [0, 0.05) is 4.88 Å². The standard InChI is InChI=1S/C12H15ClN2S2/c1-8-6-17-12(11(8)13)10(15-14)3-2-9-4-5-16-7-9/h4-7,10,15H,2-3,14H2,1H3. The number of hydrazine groups is 1. The van der Waals surface area contributed by atoms with Gasteiger partial charge in [-0.15, -0.1) is 11.3 Å². The second-order valence-corrected chi connectivity index (χ2v) is 6.06. The molecule has 0 aliphatic carbocycles. The van der Waals surface area contributed by atoms with Crippen molar-refractivity contribution in [2.24, 2.45) is 5.84 Å². The fourth-order valence-electron chi connectivity index (χ4n) is 1.72. The Bertz CT molecular complexity index is 465. The molecule has 0 aliphatic heterocycles. The summed E-state index contributed by atoms with van der Waals surface area (Å²) in [5.74, 6) is 5.62. The number of hydrogen-bond acceptors (Lipinski definition) is 4. The lowest BCUT2D eigenvalue weighted by atomic mass is 10.1. The fourth-order valence-corrected chi connectivity index (χ4v) is 3.84. The van der Waals surface area contributed by atoms with Crippen molar-refractivity contribution in [3.8, 4) is 0 Å². The molecule has 2 nitrogen and oxygen atoms in total. The molecule has 0 amide bonds. The van der Waals surface area contributed by atoms with Crippen molar-refractivity contribution in [2.75, 3.05) is 0 Å². The summed E-state index contributed by atoms with van der Waals surface area (Å²) in [6.45, 7) is 2.02. The van der Waals surface area contributed by atoms with Crippen molar-refractivity contribution in [3.05, 3.63) is 43.2 Å². The maximum atomic E-state index is 6.26. The van der Waals surface area contributed by atoms with Crippen molar-refractivity contribution < 1.29 is 0 Å². The maximum absolute atomic E-state index is 6.26. The minimum absolute atomic E-state index is 0.140. The van der Waals surface area contributed by atoms with E-state index in [0.717, 1.165) is 28.3 Å². The highest BCUT2D eigenvalue weighted by Gasteiger charge is 2.16. The number of rotatable bonds is 5. The lowest BCUT2D eigenvalue weighted by Crippen LogP contribution is -2.28. The first kappa shape index (κ1) is 13.1. The Kier molecular flexibility index (Phi) is 4.59. The number of nitrogens with two attached hydrogens (primary N) is 1. The molecule has 2 aromatic rings. The number of nitrogens with one attached hydrogen (secondary N) is 1. The molecule has 0 fully saturated rings.